The summed E-state index contributed by atoms with van der Waals surface area (Å²) in [6, 6.07) is 0.309. The van der Waals surface area contributed by atoms with Gasteiger partial charge in [0, 0.05) is 37.7 Å². The largest absolute Gasteiger partial charge is 0.334 e. The van der Waals surface area contributed by atoms with Crippen LogP contribution in [-0.4, -0.2) is 49.3 Å². The summed E-state index contributed by atoms with van der Waals surface area (Å²) in [5, 5.41) is 7.73. The number of imidazole rings is 1. The first-order valence-electron chi connectivity index (χ1n) is 9.71. The first kappa shape index (κ1) is 17.3. The fraction of sp³-hybridized carbons (Fsp3) is 0.632. The molecule has 2 aromatic heterocycles. The lowest BCUT2D eigenvalue weighted by molar-refractivity contribution is 0.0685. The van der Waals surface area contributed by atoms with Crippen molar-refractivity contribution in [3.05, 3.63) is 36.2 Å². The van der Waals surface area contributed by atoms with Crippen LogP contribution in [0, 0.1) is 5.41 Å². The van der Waals surface area contributed by atoms with Crippen LogP contribution in [-0.2, 0) is 19.6 Å². The number of carbonyl (C=O) groups is 1. The second-order valence-corrected chi connectivity index (χ2v) is 7.48. The molecule has 1 aliphatic carbocycles. The Morgan fingerprint density at radius 2 is 2.15 bits per heavy atom. The summed E-state index contributed by atoms with van der Waals surface area (Å²) in [5.41, 5.74) is 0.975. The number of carbonyl (C=O) groups excluding carboxylic acids is 1. The van der Waals surface area contributed by atoms with Crippen molar-refractivity contribution in [2.24, 2.45) is 5.41 Å². The standard InChI is InChI=1S/C19H28N6O/c1-3-23-10-9-21-17(23)14-25(16-11-19(16)5-7-20-8-6-19)18(26)15-12-22-24(4-2)13-15/h9-10,12-13,16,20H,3-8,11,14H2,1-2H3/t16-/m1/s1. The Balaban J connectivity index is 1.60. The smallest absolute Gasteiger partial charge is 0.257 e. The van der Waals surface area contributed by atoms with Crippen molar-refractivity contribution < 1.29 is 4.79 Å². The van der Waals surface area contributed by atoms with E-state index in [1.165, 1.54) is 0 Å². The van der Waals surface area contributed by atoms with Crippen LogP contribution in [0.4, 0.5) is 0 Å². The summed E-state index contributed by atoms with van der Waals surface area (Å²) >= 11 is 0. The summed E-state index contributed by atoms with van der Waals surface area (Å²) in [4.78, 5) is 19.9. The molecule has 2 aromatic rings. The maximum Gasteiger partial charge on any atom is 0.257 e. The van der Waals surface area contributed by atoms with Gasteiger partial charge in [-0.3, -0.25) is 9.48 Å². The molecule has 0 unspecified atom stereocenters. The van der Waals surface area contributed by atoms with Crippen LogP contribution in [0.2, 0.25) is 0 Å². The van der Waals surface area contributed by atoms with E-state index in [9.17, 15) is 4.79 Å². The van der Waals surface area contributed by atoms with Gasteiger partial charge in [-0.2, -0.15) is 5.10 Å². The molecule has 7 nitrogen and oxygen atoms in total. The molecule has 7 heteroatoms. The number of rotatable bonds is 6. The topological polar surface area (TPSA) is 68.0 Å². The summed E-state index contributed by atoms with van der Waals surface area (Å²) in [7, 11) is 0. The van der Waals surface area contributed by atoms with Crippen LogP contribution in [0.25, 0.3) is 0 Å². The third kappa shape index (κ3) is 3.05. The summed E-state index contributed by atoms with van der Waals surface area (Å²) in [6.45, 7) is 8.44. The Morgan fingerprint density at radius 3 is 2.85 bits per heavy atom. The number of hydrogen-bond acceptors (Lipinski definition) is 4. The predicted octanol–water partition coefficient (Wildman–Crippen LogP) is 1.90. The van der Waals surface area contributed by atoms with Crippen molar-refractivity contribution in [2.45, 2.75) is 58.8 Å². The molecule has 1 saturated heterocycles. The summed E-state index contributed by atoms with van der Waals surface area (Å²) < 4.78 is 3.93. The minimum atomic E-state index is 0.0794. The normalized spacial score (nSPS) is 21.1. The van der Waals surface area contributed by atoms with Gasteiger partial charge in [-0.25, -0.2) is 4.98 Å². The van der Waals surface area contributed by atoms with Crippen LogP contribution in [0.5, 0.6) is 0 Å². The van der Waals surface area contributed by atoms with E-state index in [0.29, 0.717) is 23.6 Å². The van der Waals surface area contributed by atoms with Crippen molar-refractivity contribution in [1.82, 2.24) is 29.5 Å². The molecular weight excluding hydrogens is 328 g/mol. The van der Waals surface area contributed by atoms with Crippen molar-refractivity contribution in [3.8, 4) is 0 Å². The molecule has 1 amide bonds. The van der Waals surface area contributed by atoms with Gasteiger partial charge in [0.15, 0.2) is 0 Å². The zero-order chi connectivity index (χ0) is 18.1. The van der Waals surface area contributed by atoms with Crippen LogP contribution in [0.15, 0.2) is 24.8 Å². The van der Waals surface area contributed by atoms with E-state index in [-0.39, 0.29) is 5.91 Å². The maximum atomic E-state index is 13.3. The zero-order valence-corrected chi connectivity index (χ0v) is 15.7. The fourth-order valence-electron chi connectivity index (χ4n) is 4.30. The molecule has 26 heavy (non-hydrogen) atoms. The van der Waals surface area contributed by atoms with Crippen LogP contribution in [0.3, 0.4) is 0 Å². The Bertz CT molecular complexity index is 773. The van der Waals surface area contributed by atoms with Gasteiger partial charge in [0.2, 0.25) is 0 Å². The average Bonchev–Trinajstić information content (AvgIpc) is 3.07. The molecule has 0 radical (unpaired) electrons. The minimum Gasteiger partial charge on any atom is -0.334 e. The van der Waals surface area contributed by atoms with Gasteiger partial charge in [0.05, 0.1) is 18.3 Å². The first-order chi connectivity index (χ1) is 12.7. The van der Waals surface area contributed by atoms with E-state index in [1.807, 2.05) is 30.2 Å². The van der Waals surface area contributed by atoms with Gasteiger partial charge in [-0.15, -0.1) is 0 Å². The van der Waals surface area contributed by atoms with Gasteiger partial charge in [-0.1, -0.05) is 0 Å². The lowest BCUT2D eigenvalue weighted by Crippen LogP contribution is -2.39. The number of hydrogen-bond donors (Lipinski definition) is 1. The molecule has 140 valence electrons. The molecule has 1 spiro atoms. The monoisotopic (exact) mass is 356 g/mol. The average molecular weight is 356 g/mol. The Morgan fingerprint density at radius 1 is 1.35 bits per heavy atom. The van der Waals surface area contributed by atoms with Crippen LogP contribution in [0.1, 0.15) is 49.3 Å². The van der Waals surface area contributed by atoms with Gasteiger partial charge in [-0.05, 0) is 51.6 Å². The van der Waals surface area contributed by atoms with E-state index < -0.39 is 0 Å². The van der Waals surface area contributed by atoms with Crippen molar-refractivity contribution in [1.29, 1.82) is 0 Å². The van der Waals surface area contributed by atoms with E-state index in [2.05, 4.69) is 31.8 Å². The summed E-state index contributed by atoms with van der Waals surface area (Å²) in [5.74, 6) is 1.04. The van der Waals surface area contributed by atoms with Gasteiger partial charge in [0.25, 0.3) is 5.91 Å². The Labute approximate surface area is 154 Å². The van der Waals surface area contributed by atoms with Crippen molar-refractivity contribution in [2.75, 3.05) is 13.1 Å². The van der Waals surface area contributed by atoms with Crippen molar-refractivity contribution in [3.63, 3.8) is 0 Å². The number of piperidine rings is 1. The lowest BCUT2D eigenvalue weighted by atomic mass is 9.93. The second kappa shape index (κ2) is 6.87. The van der Waals surface area contributed by atoms with E-state index in [0.717, 1.165) is 51.3 Å². The SMILES string of the molecule is CCn1cc(C(=O)N(Cc2nccn2CC)[C@@H]2CC23CCNCC3)cn1. The highest BCUT2D eigenvalue weighted by molar-refractivity contribution is 5.94. The van der Waals surface area contributed by atoms with E-state index in [4.69, 9.17) is 0 Å². The molecule has 2 aliphatic rings. The van der Waals surface area contributed by atoms with Gasteiger partial charge >= 0.3 is 0 Å². The number of nitrogens with zero attached hydrogens (tertiary/aromatic N) is 5. The third-order valence-corrected chi connectivity index (χ3v) is 6.04. The molecule has 1 aliphatic heterocycles. The number of amides is 1. The molecule has 0 bridgehead atoms. The number of nitrogens with one attached hydrogen (secondary N) is 1. The van der Waals surface area contributed by atoms with Gasteiger partial charge < -0.3 is 14.8 Å². The minimum absolute atomic E-state index is 0.0794. The highest BCUT2D eigenvalue weighted by atomic mass is 16.2. The molecule has 1 saturated carbocycles. The van der Waals surface area contributed by atoms with E-state index >= 15 is 0 Å². The van der Waals surface area contributed by atoms with E-state index in [1.54, 1.807) is 6.20 Å². The third-order valence-electron chi connectivity index (χ3n) is 6.04. The molecule has 3 heterocycles. The molecule has 0 aromatic carbocycles. The molecule has 4 rings (SSSR count). The predicted molar refractivity (Wildman–Crippen MR) is 98.6 cm³/mol. The molecule has 1 atom stereocenters. The van der Waals surface area contributed by atoms with Crippen LogP contribution < -0.4 is 5.32 Å². The highest BCUT2D eigenvalue weighted by Crippen LogP contribution is 2.56. The summed E-state index contributed by atoms with van der Waals surface area (Å²) in [6.07, 6.45) is 10.8. The Kier molecular flexibility index (Phi) is 4.56. The fourth-order valence-corrected chi connectivity index (χ4v) is 4.30. The molecular formula is C19H28N6O. The molecule has 2 fully saturated rings. The van der Waals surface area contributed by atoms with Crippen LogP contribution >= 0.6 is 0 Å². The number of aryl methyl sites for hydroxylation is 2. The van der Waals surface area contributed by atoms with Gasteiger partial charge in [0.1, 0.15) is 5.82 Å². The first-order valence-corrected chi connectivity index (χ1v) is 9.71. The second-order valence-electron chi connectivity index (χ2n) is 7.48. The quantitative estimate of drug-likeness (QED) is 0.858. The zero-order valence-electron chi connectivity index (χ0n) is 15.7. The molecule has 1 N–H and O–H groups in total. The maximum absolute atomic E-state index is 13.3. The lowest BCUT2D eigenvalue weighted by Gasteiger charge is -2.29. The van der Waals surface area contributed by atoms with Crippen molar-refractivity contribution >= 4 is 5.91 Å². The highest BCUT2D eigenvalue weighted by Gasteiger charge is 2.58. The number of aromatic nitrogens is 4. The Hall–Kier alpha value is -2.15.